The van der Waals surface area contributed by atoms with E-state index in [9.17, 15) is 9.18 Å². The van der Waals surface area contributed by atoms with Gasteiger partial charge < -0.3 is 4.74 Å². The molecule has 1 saturated heterocycles. The predicted octanol–water partition coefficient (Wildman–Crippen LogP) is 1.72. The number of hydrogen-bond donors (Lipinski definition) is 0. The summed E-state index contributed by atoms with van der Waals surface area (Å²) < 4.78 is 17.7. The number of epoxide rings is 1. The fourth-order valence-electron chi connectivity index (χ4n) is 1.18. The van der Waals surface area contributed by atoms with Gasteiger partial charge in [-0.15, -0.1) is 0 Å². The van der Waals surface area contributed by atoms with Gasteiger partial charge >= 0.3 is 0 Å². The summed E-state index contributed by atoms with van der Waals surface area (Å²) in [5.74, 6) is -0.337. The van der Waals surface area contributed by atoms with Crippen LogP contribution in [0.25, 0.3) is 0 Å². The quantitative estimate of drug-likeness (QED) is 0.512. The lowest BCUT2D eigenvalue weighted by atomic mass is 10.1. The van der Waals surface area contributed by atoms with Crippen molar-refractivity contribution in [1.29, 1.82) is 0 Å². The van der Waals surface area contributed by atoms with Crippen molar-refractivity contribution >= 4 is 5.78 Å². The molecule has 0 spiro atoms. The van der Waals surface area contributed by atoms with E-state index >= 15 is 0 Å². The van der Waals surface area contributed by atoms with Gasteiger partial charge in [0.15, 0.2) is 5.78 Å². The molecule has 1 aromatic rings. The van der Waals surface area contributed by atoms with Crippen molar-refractivity contribution in [3.05, 3.63) is 35.1 Å². The Morgan fingerprint density at radius 2 is 2.31 bits per heavy atom. The molecule has 2 nitrogen and oxygen atoms in total. The lowest BCUT2D eigenvalue weighted by Gasteiger charge is -1.99. The number of Topliss-reactive ketones (excluding diaryl/α,β-unsaturated/α-hetero) is 1. The highest BCUT2D eigenvalue weighted by molar-refractivity contribution is 6.00. The van der Waals surface area contributed by atoms with Crippen LogP contribution >= 0.6 is 0 Å². The average molecular weight is 180 g/mol. The maximum absolute atomic E-state index is 12.8. The molecule has 0 amide bonds. The minimum Gasteiger partial charge on any atom is -0.364 e. The second kappa shape index (κ2) is 2.92. The standard InChI is InChI=1S/C10H9FO2/c1-6-4-7(2-3-8(6)11)10(12)9-5-13-9/h2-4,9H,5H2,1H3. The first-order valence-corrected chi connectivity index (χ1v) is 4.10. The number of carbonyl (C=O) groups excluding carboxylic acids is 1. The zero-order valence-electron chi connectivity index (χ0n) is 7.21. The Morgan fingerprint density at radius 1 is 1.62 bits per heavy atom. The number of halogens is 1. The van der Waals surface area contributed by atoms with Gasteiger partial charge in [-0.3, -0.25) is 4.79 Å². The van der Waals surface area contributed by atoms with Gasteiger partial charge in [0, 0.05) is 5.56 Å². The maximum Gasteiger partial charge on any atom is 0.193 e. The molecule has 0 radical (unpaired) electrons. The van der Waals surface area contributed by atoms with E-state index in [4.69, 9.17) is 4.74 Å². The van der Waals surface area contributed by atoms with E-state index in [-0.39, 0.29) is 17.7 Å². The molecule has 0 bridgehead atoms. The fourth-order valence-corrected chi connectivity index (χ4v) is 1.18. The lowest BCUT2D eigenvalue weighted by Crippen LogP contribution is -2.07. The lowest BCUT2D eigenvalue weighted by molar-refractivity contribution is 0.0953. The van der Waals surface area contributed by atoms with Crippen molar-refractivity contribution in [2.75, 3.05) is 6.61 Å². The molecule has 2 rings (SSSR count). The van der Waals surface area contributed by atoms with Crippen molar-refractivity contribution in [1.82, 2.24) is 0 Å². The second-order valence-electron chi connectivity index (χ2n) is 3.15. The van der Waals surface area contributed by atoms with Crippen molar-refractivity contribution in [2.24, 2.45) is 0 Å². The Morgan fingerprint density at radius 3 is 2.85 bits per heavy atom. The third-order valence-electron chi connectivity index (χ3n) is 2.07. The van der Waals surface area contributed by atoms with Gasteiger partial charge in [-0.25, -0.2) is 4.39 Å². The van der Waals surface area contributed by atoms with Gasteiger partial charge in [-0.1, -0.05) is 0 Å². The van der Waals surface area contributed by atoms with Crippen LogP contribution in [0.4, 0.5) is 4.39 Å². The predicted molar refractivity (Wildman–Crippen MR) is 45.2 cm³/mol. The summed E-state index contributed by atoms with van der Waals surface area (Å²) in [5.41, 5.74) is 1.02. The Hall–Kier alpha value is -1.22. The van der Waals surface area contributed by atoms with Crippen LogP contribution in [0.1, 0.15) is 15.9 Å². The minimum atomic E-state index is -0.287. The zero-order chi connectivity index (χ0) is 9.42. The van der Waals surface area contributed by atoms with Gasteiger partial charge in [0.2, 0.25) is 0 Å². The molecule has 13 heavy (non-hydrogen) atoms. The first kappa shape index (κ1) is 8.38. The number of ketones is 1. The first-order valence-electron chi connectivity index (χ1n) is 4.10. The van der Waals surface area contributed by atoms with Crippen molar-refractivity contribution < 1.29 is 13.9 Å². The van der Waals surface area contributed by atoms with Gasteiger partial charge in [0.25, 0.3) is 0 Å². The van der Waals surface area contributed by atoms with Crippen LogP contribution in [0.3, 0.4) is 0 Å². The van der Waals surface area contributed by atoms with Crippen LogP contribution in [-0.4, -0.2) is 18.5 Å². The normalized spacial score (nSPS) is 20.0. The largest absolute Gasteiger partial charge is 0.364 e. The van der Waals surface area contributed by atoms with Crippen LogP contribution in [0.15, 0.2) is 18.2 Å². The number of ether oxygens (including phenoxy) is 1. The molecule has 1 aromatic carbocycles. The zero-order valence-corrected chi connectivity index (χ0v) is 7.21. The topological polar surface area (TPSA) is 29.6 Å². The van der Waals surface area contributed by atoms with Crippen molar-refractivity contribution in [3.8, 4) is 0 Å². The van der Waals surface area contributed by atoms with E-state index in [0.29, 0.717) is 17.7 Å². The van der Waals surface area contributed by atoms with Crippen molar-refractivity contribution in [3.63, 3.8) is 0 Å². The highest BCUT2D eigenvalue weighted by Gasteiger charge is 2.31. The minimum absolute atomic E-state index is 0.0527. The Labute approximate surface area is 75.3 Å². The number of aryl methyl sites for hydroxylation is 1. The molecule has 0 aliphatic carbocycles. The summed E-state index contributed by atoms with van der Waals surface area (Å²) in [4.78, 5) is 11.4. The number of carbonyl (C=O) groups is 1. The molecule has 0 saturated carbocycles. The highest BCUT2D eigenvalue weighted by atomic mass is 19.1. The molecule has 68 valence electrons. The number of benzene rings is 1. The average Bonchev–Trinajstić information content (AvgIpc) is 2.91. The van der Waals surface area contributed by atoms with Gasteiger partial charge in [-0.05, 0) is 30.7 Å². The number of rotatable bonds is 2. The molecule has 0 N–H and O–H groups in total. The van der Waals surface area contributed by atoms with Crippen LogP contribution in [0.5, 0.6) is 0 Å². The van der Waals surface area contributed by atoms with Crippen molar-refractivity contribution in [2.45, 2.75) is 13.0 Å². The van der Waals surface area contributed by atoms with Crippen LogP contribution < -0.4 is 0 Å². The van der Waals surface area contributed by atoms with Gasteiger partial charge in [-0.2, -0.15) is 0 Å². The molecular weight excluding hydrogens is 171 g/mol. The summed E-state index contributed by atoms with van der Waals surface area (Å²) in [5, 5.41) is 0. The van der Waals surface area contributed by atoms with E-state index in [2.05, 4.69) is 0 Å². The Kier molecular flexibility index (Phi) is 1.88. The second-order valence-corrected chi connectivity index (χ2v) is 3.15. The molecule has 1 aliphatic rings. The third kappa shape index (κ3) is 1.60. The monoisotopic (exact) mass is 180 g/mol. The third-order valence-corrected chi connectivity index (χ3v) is 2.07. The summed E-state index contributed by atoms with van der Waals surface area (Å²) in [7, 11) is 0. The maximum atomic E-state index is 12.8. The summed E-state index contributed by atoms with van der Waals surface area (Å²) >= 11 is 0. The smallest absolute Gasteiger partial charge is 0.193 e. The molecule has 0 aromatic heterocycles. The van der Waals surface area contributed by atoms with Crippen LogP contribution in [0, 0.1) is 12.7 Å². The van der Waals surface area contributed by atoms with Crippen LogP contribution in [0.2, 0.25) is 0 Å². The molecule has 1 heterocycles. The van der Waals surface area contributed by atoms with E-state index in [0.717, 1.165) is 0 Å². The number of hydrogen-bond acceptors (Lipinski definition) is 2. The SMILES string of the molecule is Cc1cc(C(=O)C2CO2)ccc1F. The molecule has 1 atom stereocenters. The van der Waals surface area contributed by atoms with Crippen LogP contribution in [-0.2, 0) is 4.74 Å². The molecular formula is C10H9FO2. The molecule has 1 aliphatic heterocycles. The van der Waals surface area contributed by atoms with E-state index < -0.39 is 0 Å². The molecule has 1 fully saturated rings. The Balaban J connectivity index is 2.30. The van der Waals surface area contributed by atoms with E-state index in [1.807, 2.05) is 0 Å². The van der Waals surface area contributed by atoms with E-state index in [1.165, 1.54) is 12.1 Å². The molecule has 3 heteroatoms. The summed E-state index contributed by atoms with van der Waals surface area (Å²) in [6, 6.07) is 4.36. The fraction of sp³-hybridized carbons (Fsp3) is 0.300. The van der Waals surface area contributed by atoms with E-state index in [1.54, 1.807) is 13.0 Å². The first-order chi connectivity index (χ1) is 6.18. The summed E-state index contributed by atoms with van der Waals surface area (Å²) in [6.45, 7) is 2.13. The van der Waals surface area contributed by atoms with Gasteiger partial charge in [0.1, 0.15) is 11.9 Å². The molecule has 1 unspecified atom stereocenters. The Bertz CT molecular complexity index is 356. The van der Waals surface area contributed by atoms with Gasteiger partial charge in [0.05, 0.1) is 6.61 Å². The summed E-state index contributed by atoms with van der Waals surface area (Å²) in [6.07, 6.45) is -0.287. The highest BCUT2D eigenvalue weighted by Crippen LogP contribution is 2.18.